The third-order valence-electron chi connectivity index (χ3n) is 8.35. The number of hydrogen-bond donors (Lipinski definition) is 2. The molecule has 0 aliphatic rings. The van der Waals surface area contributed by atoms with Crippen molar-refractivity contribution < 1.29 is 38.5 Å². The fourth-order valence-corrected chi connectivity index (χ4v) is 7.63. The second-order valence-electron chi connectivity index (χ2n) is 12.2. The van der Waals surface area contributed by atoms with Gasteiger partial charge in [0.15, 0.2) is 5.78 Å². The van der Waals surface area contributed by atoms with Crippen LogP contribution in [0.2, 0.25) is 0 Å². The van der Waals surface area contributed by atoms with Crippen LogP contribution in [0.15, 0.2) is 84.9 Å². The predicted molar refractivity (Wildman–Crippen MR) is 218 cm³/mol. The topological polar surface area (TPSA) is 128 Å². The zero-order chi connectivity index (χ0) is 40.0. The third-order valence-corrected chi connectivity index (χ3v) is 10.6. The summed E-state index contributed by atoms with van der Waals surface area (Å²) in [7, 11) is 3.42. The first-order valence-corrected chi connectivity index (χ1v) is 19.9. The maximum Gasteiger partial charge on any atom is 0.407 e. The molecule has 4 rings (SSSR count). The van der Waals surface area contributed by atoms with Crippen molar-refractivity contribution in [3.63, 3.8) is 0 Å². The van der Waals surface area contributed by atoms with Crippen molar-refractivity contribution in [3.8, 4) is 17.2 Å². The lowest BCUT2D eigenvalue weighted by Gasteiger charge is -2.21. The molecule has 0 aliphatic heterocycles. The minimum absolute atomic E-state index is 0.0292. The van der Waals surface area contributed by atoms with E-state index in [2.05, 4.69) is 38.2 Å². The summed E-state index contributed by atoms with van der Waals surface area (Å²) in [4.78, 5) is 40.3. The van der Waals surface area contributed by atoms with Gasteiger partial charge in [-0.25, -0.2) is 4.79 Å². The van der Waals surface area contributed by atoms with E-state index in [1.54, 1.807) is 39.0 Å². The zero-order valence-corrected chi connectivity index (χ0v) is 34.1. The molecule has 1 amide bonds. The van der Waals surface area contributed by atoms with E-state index in [0.29, 0.717) is 17.2 Å². The highest BCUT2D eigenvalue weighted by Crippen LogP contribution is 2.42. The number of aromatic hydroxyl groups is 1. The lowest BCUT2D eigenvalue weighted by molar-refractivity contribution is -0.191. The van der Waals surface area contributed by atoms with Crippen LogP contribution in [-0.2, 0) is 27.4 Å². The van der Waals surface area contributed by atoms with Crippen molar-refractivity contribution in [1.82, 2.24) is 5.32 Å². The normalized spacial score (nSPS) is 11.9. The Labute approximate surface area is 328 Å². The van der Waals surface area contributed by atoms with Crippen LogP contribution in [0, 0.1) is 6.92 Å². The number of thioether (sulfide) groups is 2. The fraction of sp³-hybridized carbons (Fsp3) is 0.372. The molecule has 4 aromatic carbocycles. The fourth-order valence-electron chi connectivity index (χ4n) is 5.68. The molecule has 0 aromatic heterocycles. The number of amides is 1. The molecule has 4 aromatic rings. The van der Waals surface area contributed by atoms with Gasteiger partial charge in [-0.15, -0.1) is 11.8 Å². The summed E-state index contributed by atoms with van der Waals surface area (Å²) >= 11 is 3.61. The lowest BCUT2D eigenvalue weighted by Crippen LogP contribution is -2.36. The van der Waals surface area contributed by atoms with E-state index in [1.165, 1.54) is 0 Å². The highest BCUT2D eigenvalue weighted by molar-refractivity contribution is 7.99. The standard InChI is InChI=1S/C29H33NO4S.C13H20O2S.CO2/c1-4-25(30-29(33)34-19-21-9-7-6-8-10-21)17-22-11-16-27(32)26(18-22)28(35-5-2)24-14-12-23(13-15-24)20(3)31;1-6-16-10(3)13-11(14-4)7-9(2)8-12(13)15-5;2-1-3/h6-16,18,25,28,32H,4-5,17,19H2,1-3H3,(H,30,33);7-8,10H,6H2,1-5H3;. The number of hydrogen-bond acceptors (Lipinski definition) is 10. The minimum atomic E-state index is -0.440. The number of benzene rings is 4. The Balaban J connectivity index is 0.000000441. The van der Waals surface area contributed by atoms with Gasteiger partial charge in [-0.3, -0.25) is 4.79 Å². The Morgan fingerprint density at radius 2 is 1.43 bits per heavy atom. The molecule has 290 valence electrons. The van der Waals surface area contributed by atoms with Gasteiger partial charge in [-0.05, 0) is 85.6 Å². The molecule has 0 bridgehead atoms. The first kappa shape index (κ1) is 45.5. The van der Waals surface area contributed by atoms with Crippen LogP contribution in [-0.4, -0.2) is 54.9 Å². The number of alkyl carbamates (subject to hydrolysis) is 1. The molecule has 0 radical (unpaired) electrons. The van der Waals surface area contributed by atoms with Crippen molar-refractivity contribution in [1.29, 1.82) is 0 Å². The van der Waals surface area contributed by atoms with Crippen LogP contribution in [0.3, 0.4) is 0 Å². The van der Waals surface area contributed by atoms with Crippen LogP contribution in [0.4, 0.5) is 4.79 Å². The van der Waals surface area contributed by atoms with Crippen molar-refractivity contribution >= 4 is 41.6 Å². The molecule has 3 unspecified atom stereocenters. The Bertz CT molecular complexity index is 1750. The van der Waals surface area contributed by atoms with Crippen LogP contribution >= 0.6 is 23.5 Å². The number of Topliss-reactive ketones (excluding diaryl/α,β-unsaturated/α-hetero) is 1. The van der Waals surface area contributed by atoms with E-state index >= 15 is 0 Å². The lowest BCUT2D eigenvalue weighted by atomic mass is 9.96. The molecule has 54 heavy (non-hydrogen) atoms. The van der Waals surface area contributed by atoms with Crippen LogP contribution in [0.1, 0.15) is 95.3 Å². The number of methoxy groups -OCH3 is 2. The largest absolute Gasteiger partial charge is 0.508 e. The zero-order valence-electron chi connectivity index (χ0n) is 32.5. The number of nitrogens with one attached hydrogen (secondary N) is 1. The molecule has 2 N–H and O–H groups in total. The number of phenols is 1. The molecule has 0 aliphatic carbocycles. The van der Waals surface area contributed by atoms with Crippen molar-refractivity contribution in [2.24, 2.45) is 0 Å². The molecule has 0 fully saturated rings. The molecule has 0 spiro atoms. The van der Waals surface area contributed by atoms with Crippen LogP contribution in [0.5, 0.6) is 17.2 Å². The molecule has 0 saturated carbocycles. The Morgan fingerprint density at radius 3 is 1.94 bits per heavy atom. The van der Waals surface area contributed by atoms with E-state index in [4.69, 9.17) is 23.8 Å². The van der Waals surface area contributed by atoms with Gasteiger partial charge in [0.2, 0.25) is 0 Å². The van der Waals surface area contributed by atoms with E-state index in [1.807, 2.05) is 92.3 Å². The monoisotopic (exact) mass is 775 g/mol. The van der Waals surface area contributed by atoms with Gasteiger partial charge in [-0.2, -0.15) is 21.4 Å². The Morgan fingerprint density at radius 1 is 0.833 bits per heavy atom. The van der Waals surface area contributed by atoms with Gasteiger partial charge >= 0.3 is 12.2 Å². The Hall–Kier alpha value is -4.70. The van der Waals surface area contributed by atoms with Crippen molar-refractivity contribution in [3.05, 3.63) is 124 Å². The summed E-state index contributed by atoms with van der Waals surface area (Å²) in [6.07, 6.45) is 1.18. The molecular weight excluding hydrogens is 723 g/mol. The molecular formula is C43H53NO8S2. The molecule has 11 heteroatoms. The number of phenolic OH excluding ortho intramolecular Hbond substituents is 1. The summed E-state index contributed by atoms with van der Waals surface area (Å²) in [6.45, 7) is 12.3. The average Bonchev–Trinajstić information content (AvgIpc) is 3.17. The maximum atomic E-state index is 12.4. The van der Waals surface area contributed by atoms with Gasteiger partial charge in [0, 0.05) is 28.0 Å². The van der Waals surface area contributed by atoms with E-state index in [9.17, 15) is 14.7 Å². The number of aryl methyl sites for hydroxylation is 1. The molecule has 9 nitrogen and oxygen atoms in total. The van der Waals surface area contributed by atoms with Crippen molar-refractivity contribution in [2.45, 2.75) is 77.5 Å². The van der Waals surface area contributed by atoms with E-state index < -0.39 is 6.09 Å². The average molecular weight is 776 g/mol. The van der Waals surface area contributed by atoms with E-state index in [0.717, 1.165) is 62.8 Å². The highest BCUT2D eigenvalue weighted by Gasteiger charge is 2.21. The molecule has 0 heterocycles. The highest BCUT2D eigenvalue weighted by atomic mass is 32.2. The first-order chi connectivity index (χ1) is 26.0. The quantitative estimate of drug-likeness (QED) is 0.106. The molecule has 3 atom stereocenters. The van der Waals surface area contributed by atoms with Gasteiger partial charge in [0.05, 0.1) is 19.5 Å². The number of ketones is 1. The molecule has 0 saturated heterocycles. The summed E-state index contributed by atoms with van der Waals surface area (Å²) in [5.41, 5.74) is 6.80. The summed E-state index contributed by atoms with van der Waals surface area (Å²) in [5.74, 6) is 4.06. The SMILES string of the molecule is CCSC(C)c1c(OC)cc(C)cc1OC.CCSC(c1ccc(C(C)=O)cc1)c1cc(CC(CC)NC(=O)OCc2ccccc2)ccc1O.O=C=O. The first-order valence-electron chi connectivity index (χ1n) is 17.8. The number of ether oxygens (including phenoxy) is 3. The summed E-state index contributed by atoms with van der Waals surface area (Å²) < 4.78 is 16.3. The summed E-state index contributed by atoms with van der Waals surface area (Å²) in [5, 5.41) is 14.0. The van der Waals surface area contributed by atoms with Crippen molar-refractivity contribution in [2.75, 3.05) is 25.7 Å². The smallest absolute Gasteiger partial charge is 0.407 e. The second kappa shape index (κ2) is 24.6. The van der Waals surface area contributed by atoms with Gasteiger partial charge in [0.1, 0.15) is 23.9 Å². The maximum absolute atomic E-state index is 12.4. The number of carbonyl (C=O) groups is 2. The van der Waals surface area contributed by atoms with Crippen LogP contribution < -0.4 is 14.8 Å². The summed E-state index contributed by atoms with van der Waals surface area (Å²) in [6, 6.07) is 26.8. The predicted octanol–water partition coefficient (Wildman–Crippen LogP) is 9.93. The Kier molecular flexibility index (Phi) is 20.7. The second-order valence-corrected chi connectivity index (χ2v) is 15.2. The van der Waals surface area contributed by atoms with E-state index in [-0.39, 0.29) is 35.6 Å². The number of carbonyl (C=O) groups excluding carboxylic acids is 4. The third kappa shape index (κ3) is 14.6. The van der Waals surface area contributed by atoms with Gasteiger partial charge in [0.25, 0.3) is 0 Å². The van der Waals surface area contributed by atoms with Gasteiger partial charge < -0.3 is 24.6 Å². The van der Waals surface area contributed by atoms with Gasteiger partial charge in [-0.1, -0.05) is 87.5 Å². The minimum Gasteiger partial charge on any atom is -0.508 e. The van der Waals surface area contributed by atoms with Crippen LogP contribution in [0.25, 0.3) is 0 Å². The number of rotatable bonds is 16.